The van der Waals surface area contributed by atoms with Crippen LogP contribution in [0.2, 0.25) is 5.02 Å². The summed E-state index contributed by atoms with van der Waals surface area (Å²) in [6.07, 6.45) is 0.613. The quantitative estimate of drug-likeness (QED) is 0.839. The maximum Gasteiger partial charge on any atom is 0.280 e. The van der Waals surface area contributed by atoms with E-state index in [1.165, 1.54) is 11.8 Å². The summed E-state index contributed by atoms with van der Waals surface area (Å²) in [5.74, 6) is -0.330. The van der Waals surface area contributed by atoms with Crippen molar-refractivity contribution in [1.82, 2.24) is 5.32 Å². The lowest BCUT2D eigenvalue weighted by molar-refractivity contribution is -0.148. The number of nitrogens with one attached hydrogen (secondary N) is 1. The number of carbonyl (C=O) groups is 2. The second-order valence-corrected chi connectivity index (χ2v) is 7.04. The van der Waals surface area contributed by atoms with Crippen molar-refractivity contribution < 1.29 is 14.3 Å². The smallest absolute Gasteiger partial charge is 0.280 e. The molecule has 0 aromatic heterocycles. The van der Waals surface area contributed by atoms with Crippen LogP contribution in [0.1, 0.15) is 18.1 Å². The molecule has 5 nitrogen and oxygen atoms in total. The fraction of sp³-hybridized carbons (Fsp3) is 0.300. The van der Waals surface area contributed by atoms with Crippen molar-refractivity contribution in [1.29, 1.82) is 0 Å². The van der Waals surface area contributed by atoms with Gasteiger partial charge in [-0.2, -0.15) is 0 Å². The molecule has 0 saturated carbocycles. The summed E-state index contributed by atoms with van der Waals surface area (Å²) in [6.45, 7) is 3.83. The molecule has 0 saturated heterocycles. The molecule has 3 rings (SSSR count). The predicted molar refractivity (Wildman–Crippen MR) is 102 cm³/mol. The molecule has 6 heteroatoms. The number of rotatable bonds is 4. The van der Waals surface area contributed by atoms with Crippen molar-refractivity contribution in [2.45, 2.75) is 25.9 Å². The molecule has 0 bridgehead atoms. The van der Waals surface area contributed by atoms with Crippen molar-refractivity contribution in [3.8, 4) is 5.75 Å². The van der Waals surface area contributed by atoms with Gasteiger partial charge in [0.2, 0.25) is 0 Å². The number of benzene rings is 2. The maximum atomic E-state index is 12.8. The van der Waals surface area contributed by atoms with E-state index < -0.39 is 17.4 Å². The van der Waals surface area contributed by atoms with E-state index in [1.807, 2.05) is 37.3 Å². The van der Waals surface area contributed by atoms with Crippen LogP contribution >= 0.6 is 11.6 Å². The molecule has 26 heavy (non-hydrogen) atoms. The molecule has 1 aliphatic rings. The van der Waals surface area contributed by atoms with Crippen LogP contribution in [0.15, 0.2) is 42.5 Å². The summed E-state index contributed by atoms with van der Waals surface area (Å²) in [6, 6.07) is 13.0. The van der Waals surface area contributed by atoms with Crippen LogP contribution in [0.4, 0.5) is 5.69 Å². The third kappa shape index (κ3) is 3.40. The monoisotopic (exact) mass is 372 g/mol. The molecule has 136 valence electrons. The summed E-state index contributed by atoms with van der Waals surface area (Å²) in [5.41, 5.74) is 1.10. The Morgan fingerprint density at radius 3 is 2.77 bits per heavy atom. The Bertz CT molecular complexity index is 868. The molecule has 0 spiro atoms. The summed E-state index contributed by atoms with van der Waals surface area (Å²) in [5, 5.41) is 3.45. The van der Waals surface area contributed by atoms with Gasteiger partial charge in [0, 0.05) is 18.6 Å². The highest BCUT2D eigenvalue weighted by Crippen LogP contribution is 2.37. The van der Waals surface area contributed by atoms with Gasteiger partial charge in [0.05, 0.1) is 5.69 Å². The zero-order valence-corrected chi connectivity index (χ0v) is 15.8. The second kappa shape index (κ2) is 7.00. The van der Waals surface area contributed by atoms with E-state index in [0.29, 0.717) is 29.4 Å². The van der Waals surface area contributed by atoms with Crippen LogP contribution in [0, 0.1) is 6.92 Å². The van der Waals surface area contributed by atoms with Crippen LogP contribution < -0.4 is 15.0 Å². The Morgan fingerprint density at radius 2 is 2.04 bits per heavy atom. The lowest BCUT2D eigenvalue weighted by Gasteiger charge is -2.38. The summed E-state index contributed by atoms with van der Waals surface area (Å²) in [4.78, 5) is 26.9. The first kappa shape index (κ1) is 18.3. The molecular weight excluding hydrogens is 352 g/mol. The van der Waals surface area contributed by atoms with Crippen LogP contribution in [0.25, 0.3) is 0 Å². The third-order valence-corrected chi connectivity index (χ3v) is 4.76. The lowest BCUT2D eigenvalue weighted by atomic mass is 9.99. The number of carbonyl (C=O) groups excluding carboxylic acids is 2. The first-order valence-corrected chi connectivity index (χ1v) is 8.79. The molecule has 1 aliphatic heterocycles. The number of hydrogen-bond donors (Lipinski definition) is 1. The van der Waals surface area contributed by atoms with E-state index in [2.05, 4.69) is 5.32 Å². The van der Waals surface area contributed by atoms with Crippen LogP contribution in [-0.4, -0.2) is 31.0 Å². The van der Waals surface area contributed by atoms with E-state index >= 15 is 0 Å². The van der Waals surface area contributed by atoms with Gasteiger partial charge in [0.15, 0.2) is 0 Å². The third-order valence-electron chi connectivity index (χ3n) is 4.52. The number of aryl methyl sites for hydroxylation is 1. The van der Waals surface area contributed by atoms with Gasteiger partial charge in [-0.05, 0) is 55.7 Å². The fourth-order valence-electron chi connectivity index (χ4n) is 2.99. The summed E-state index contributed by atoms with van der Waals surface area (Å²) < 4.78 is 5.82. The Labute approximate surface area is 157 Å². The van der Waals surface area contributed by atoms with Gasteiger partial charge in [-0.3, -0.25) is 9.59 Å². The molecule has 0 fully saturated rings. The Kier molecular flexibility index (Phi) is 4.92. The Morgan fingerprint density at radius 1 is 1.27 bits per heavy atom. The number of nitrogens with zero attached hydrogens (tertiary/aromatic N) is 1. The molecule has 0 radical (unpaired) electrons. The largest absolute Gasteiger partial charge is 0.466 e. The minimum Gasteiger partial charge on any atom is -0.466 e. The van der Waals surface area contributed by atoms with Crippen molar-refractivity contribution in [3.63, 3.8) is 0 Å². The zero-order chi connectivity index (χ0) is 18.9. The molecule has 2 aromatic carbocycles. The number of likely N-dealkylation sites (N-methyl/N-ethyl adjacent to an activating group) is 1. The molecule has 1 unspecified atom stereocenters. The average molecular weight is 373 g/mol. The van der Waals surface area contributed by atoms with Gasteiger partial charge < -0.3 is 15.0 Å². The zero-order valence-electron chi connectivity index (χ0n) is 15.0. The van der Waals surface area contributed by atoms with E-state index in [0.717, 1.165) is 11.1 Å². The fourth-order valence-corrected chi connectivity index (χ4v) is 3.21. The summed E-state index contributed by atoms with van der Waals surface area (Å²) >= 11 is 5.97. The second-order valence-electron chi connectivity index (χ2n) is 6.61. The Hall–Kier alpha value is -2.53. The molecule has 0 aliphatic carbocycles. The van der Waals surface area contributed by atoms with Gasteiger partial charge in [0.25, 0.3) is 17.4 Å². The number of hydrogen-bond acceptors (Lipinski definition) is 3. The normalized spacial score (nSPS) is 18.9. The average Bonchev–Trinajstić information content (AvgIpc) is 2.60. The highest BCUT2D eigenvalue weighted by molar-refractivity contribution is 6.30. The summed E-state index contributed by atoms with van der Waals surface area (Å²) in [7, 11) is 1.65. The lowest BCUT2D eigenvalue weighted by Crippen LogP contribution is -2.61. The van der Waals surface area contributed by atoms with Gasteiger partial charge in [-0.25, -0.2) is 0 Å². The van der Waals surface area contributed by atoms with Crippen molar-refractivity contribution >= 4 is 29.1 Å². The van der Waals surface area contributed by atoms with E-state index in [-0.39, 0.29) is 0 Å². The number of halogens is 1. The van der Waals surface area contributed by atoms with Crippen molar-refractivity contribution in [3.05, 3.63) is 58.6 Å². The molecule has 1 heterocycles. The highest BCUT2D eigenvalue weighted by atomic mass is 35.5. The maximum absolute atomic E-state index is 12.8. The minimum absolute atomic E-state index is 0.385. The predicted octanol–water partition coefficient (Wildman–Crippen LogP) is 3.12. The SMILES string of the molecule is Cc1ccc2c(c1)N(C)C(=O)C(C)(C(=O)NCCc1cccc(Cl)c1)O2. The van der Waals surface area contributed by atoms with Crippen molar-refractivity contribution in [2.75, 3.05) is 18.5 Å². The molecule has 2 amide bonds. The first-order chi connectivity index (χ1) is 12.3. The van der Waals surface area contributed by atoms with Crippen LogP contribution in [0.5, 0.6) is 5.75 Å². The minimum atomic E-state index is -1.59. The van der Waals surface area contributed by atoms with E-state index in [9.17, 15) is 9.59 Å². The van der Waals surface area contributed by atoms with Crippen LogP contribution in [0.3, 0.4) is 0 Å². The van der Waals surface area contributed by atoms with Crippen LogP contribution in [-0.2, 0) is 16.0 Å². The number of anilines is 1. The van der Waals surface area contributed by atoms with Gasteiger partial charge >= 0.3 is 0 Å². The standard InChI is InChI=1S/C20H21ClN2O3/c1-13-7-8-17-16(11-13)23(3)19(25)20(2,26-17)18(24)22-10-9-14-5-4-6-15(21)12-14/h4-8,11-12H,9-10H2,1-3H3,(H,22,24). The van der Waals surface area contributed by atoms with E-state index in [1.54, 1.807) is 19.2 Å². The molecule has 2 aromatic rings. The van der Waals surface area contributed by atoms with Gasteiger partial charge in [0.1, 0.15) is 5.75 Å². The number of fused-ring (bicyclic) bond motifs is 1. The highest BCUT2D eigenvalue weighted by Gasteiger charge is 2.49. The number of ether oxygens (including phenoxy) is 1. The molecular formula is C20H21ClN2O3. The van der Waals surface area contributed by atoms with Gasteiger partial charge in [-0.15, -0.1) is 0 Å². The molecule has 1 N–H and O–H groups in total. The van der Waals surface area contributed by atoms with Gasteiger partial charge in [-0.1, -0.05) is 29.8 Å². The topological polar surface area (TPSA) is 58.6 Å². The Balaban J connectivity index is 1.72. The molecule has 1 atom stereocenters. The van der Waals surface area contributed by atoms with E-state index in [4.69, 9.17) is 16.3 Å². The first-order valence-electron chi connectivity index (χ1n) is 8.42. The van der Waals surface area contributed by atoms with Crippen molar-refractivity contribution in [2.24, 2.45) is 0 Å². The number of amides is 2.